The number of aliphatic hydroxyl groups excluding tert-OH is 1. The van der Waals surface area contributed by atoms with Crippen LogP contribution >= 0.6 is 34.8 Å². The number of likely N-dealkylation sites (N-methyl/N-ethyl adjacent to an activating group) is 2. The van der Waals surface area contributed by atoms with Crippen molar-refractivity contribution in [3.05, 3.63) is 140 Å². The average molecular weight is 2170 g/mol. The predicted molar refractivity (Wildman–Crippen MR) is 580 cm³/mol. The number of carbonyl (C=O) groups is 5. The van der Waals surface area contributed by atoms with E-state index in [9.17, 15) is 62.0 Å². The molecule has 4 aromatic carbocycles. The van der Waals surface area contributed by atoms with Crippen LogP contribution in [0.2, 0.25) is 15.1 Å². The number of nitrogens with zero attached hydrogens (tertiary/aromatic N) is 4. The third-order valence-electron chi connectivity index (χ3n) is 34.8. The van der Waals surface area contributed by atoms with Crippen molar-refractivity contribution in [2.75, 3.05) is 147 Å². The van der Waals surface area contributed by atoms with E-state index >= 15 is 8.78 Å². The second-order valence-corrected chi connectivity index (χ2v) is 46.6. The fraction of sp³-hybridized carbons (Fsp3) is 0.748. The van der Waals surface area contributed by atoms with Gasteiger partial charge in [0.15, 0.2) is 0 Å². The Morgan fingerprint density at radius 3 is 1.42 bits per heavy atom. The van der Waals surface area contributed by atoms with Crippen LogP contribution in [0.25, 0.3) is 0 Å². The molecule has 18 atom stereocenters. The van der Waals surface area contributed by atoms with Gasteiger partial charge in [-0.25, -0.2) is 45.5 Å². The van der Waals surface area contributed by atoms with Gasteiger partial charge in [0.1, 0.15) is 36.0 Å². The maximum atomic E-state index is 15.1. The van der Waals surface area contributed by atoms with E-state index in [-0.39, 0.29) is 132 Å². The number of unbranched alkanes of at least 4 members (excludes halogenated alkanes) is 4. The molecule has 4 saturated heterocycles. The molecule has 0 radical (unpaired) electrons. The molecule has 3 unspecified atom stereocenters. The Kier molecular flexibility index (Phi) is 50.6. The van der Waals surface area contributed by atoms with Gasteiger partial charge < -0.3 is 108 Å². The number of benzene rings is 4. The quantitative estimate of drug-likeness (QED) is 0.0144. The standard InChI is InChI=1S/C31H48ClN3O3.C31H51FN4O3.C27H42ClF2N3O4.C26H39ClF3N3O3/c1-33-20-28(19-30-17-22-13-23(18-30)15-26(30)14-22)34-29(36)35-11-6-8-25(21-35)31(37,10-3-4-12-38-2)24-7-5-9-27(32)16-24;1-4-39-19-9-8-17-31(35-24(2)37,26-14-10-16-28(32)21-26)27-15-11-18-36(23-27)30(38)34-29(22-33-3)20-25-12-6-5-7-13-25;1-37-15-3-2-13-27(36,21-7-4-8-22(28)24(21)30)19-6-5-14-33(17-19)26(35)32-23(16-31)25(34)18-9-11-20(29)12-10-18;1-36-11-3-2-9-26(35,20-7-4-8-21(27)24(20)30)18-6-5-10-33(16-18)25(34)32-19(15-31)12-17-13-22(28)23(29)14-17/h5,7,9,16,22-23,25-26,28,33,37H,3-4,6,8,10-15,17-21H2,1-2H3,(H,34,36);10,14,16,21,25,27,29,33H,4-9,11-13,15,17-20,22-23H2,1-3H3,(H,34,38)(H,35,37);4,7-8,18-20,23,25,34,36H,2-3,5-6,9-17,31H2,1H3,(H,32,35);4,7-8,17-19,22-23,35H,2-3,5-6,9-16,31H2,1H3,(H,32,34)/t22?,23?,25-,26?,28+,30?,31-;27-,29+,31-;18?,19-,20?,23-,25+,27+;17?,18-,19+,22-,23+,26+/m1111/s1. The van der Waals surface area contributed by atoms with E-state index in [1.807, 2.05) is 61.2 Å². The maximum Gasteiger partial charge on any atom is 0.317 e. The van der Waals surface area contributed by atoms with Gasteiger partial charge in [0.25, 0.3) is 0 Å². The third-order valence-corrected chi connectivity index (χ3v) is 35.7. The number of hydrogen-bond donors (Lipinski definition) is 13. The molecule has 4 heterocycles. The highest BCUT2D eigenvalue weighted by Crippen LogP contribution is 2.67. The van der Waals surface area contributed by atoms with Gasteiger partial charge >= 0.3 is 24.1 Å². The second-order valence-electron chi connectivity index (χ2n) is 45.3. The first kappa shape index (κ1) is 124. The fourth-order valence-corrected chi connectivity index (χ4v) is 27.9. The molecule has 35 heteroatoms. The highest BCUT2D eigenvalue weighted by atomic mass is 35.5. The molecule has 150 heavy (non-hydrogen) atoms. The molecule has 4 bridgehead atoms. The number of halogens is 9. The van der Waals surface area contributed by atoms with E-state index in [1.54, 1.807) is 67.5 Å². The summed E-state index contributed by atoms with van der Waals surface area (Å²) >= 11 is 18.5. The molecule has 9 amide bonds. The van der Waals surface area contributed by atoms with Gasteiger partial charge in [-0.2, -0.15) is 0 Å². The number of ether oxygens (including phenoxy) is 4. The van der Waals surface area contributed by atoms with Crippen molar-refractivity contribution in [2.45, 2.75) is 335 Å². The van der Waals surface area contributed by atoms with E-state index in [1.165, 1.54) is 89.3 Å². The van der Waals surface area contributed by atoms with Crippen LogP contribution in [0.5, 0.6) is 0 Å². The van der Waals surface area contributed by atoms with Crippen molar-refractivity contribution in [1.82, 2.24) is 56.8 Å². The Balaban J connectivity index is 0.000000190. The summed E-state index contributed by atoms with van der Waals surface area (Å²) in [6, 6.07) is 21.9. The first-order valence-electron chi connectivity index (χ1n) is 56.6. The molecule has 15 N–H and O–H groups in total. The van der Waals surface area contributed by atoms with E-state index < -0.39 is 82.5 Å². The minimum absolute atomic E-state index is 0.0249. The lowest BCUT2D eigenvalue weighted by Gasteiger charge is -2.46. The van der Waals surface area contributed by atoms with Gasteiger partial charge in [-0.15, -0.1) is 0 Å². The number of alkyl halides is 3. The van der Waals surface area contributed by atoms with Crippen LogP contribution in [-0.4, -0.2) is 266 Å². The van der Waals surface area contributed by atoms with Gasteiger partial charge in [-0.05, 0) is 328 Å². The first-order chi connectivity index (χ1) is 72.1. The van der Waals surface area contributed by atoms with E-state index in [0.29, 0.717) is 191 Å². The summed E-state index contributed by atoms with van der Waals surface area (Å²) in [5, 5.41) is 69.7. The average Bonchev–Trinajstić information content (AvgIpc) is 1.57. The van der Waals surface area contributed by atoms with Crippen molar-refractivity contribution in [2.24, 2.45) is 76.1 Å². The summed E-state index contributed by atoms with van der Waals surface area (Å²) in [4.78, 5) is 73.2. The molecule has 11 fully saturated rings. The summed E-state index contributed by atoms with van der Waals surface area (Å²) in [6.07, 6.45) is 27.5. The van der Waals surface area contributed by atoms with Crippen LogP contribution < -0.4 is 48.7 Å². The highest BCUT2D eigenvalue weighted by molar-refractivity contribution is 6.31. The zero-order valence-electron chi connectivity index (χ0n) is 90.4. The molecular formula is C115H180Cl3F6N13O13. The Morgan fingerprint density at radius 1 is 0.487 bits per heavy atom. The lowest BCUT2D eigenvalue weighted by molar-refractivity contribution is -0.122. The number of nitrogens with one attached hydrogen (secondary N) is 7. The van der Waals surface area contributed by atoms with E-state index in [4.69, 9.17) is 65.2 Å². The Bertz CT molecular complexity index is 4720. The van der Waals surface area contributed by atoms with Gasteiger partial charge in [0.2, 0.25) is 5.91 Å². The van der Waals surface area contributed by atoms with E-state index in [0.717, 1.165) is 113 Å². The topological polar surface area (TPSA) is 352 Å². The molecule has 846 valence electrons. The van der Waals surface area contributed by atoms with Gasteiger partial charge in [-0.1, -0.05) is 115 Å². The van der Waals surface area contributed by atoms with Crippen molar-refractivity contribution in [1.29, 1.82) is 0 Å². The van der Waals surface area contributed by atoms with E-state index in [2.05, 4.69) is 37.2 Å². The number of piperidine rings is 4. The lowest BCUT2D eigenvalue weighted by atomic mass is 9.71. The number of hydrogen-bond acceptors (Lipinski definition) is 17. The van der Waals surface area contributed by atoms with Crippen LogP contribution in [0.3, 0.4) is 0 Å². The molecule has 4 aromatic rings. The van der Waals surface area contributed by atoms with Crippen molar-refractivity contribution < 1.29 is 89.7 Å². The van der Waals surface area contributed by atoms with Gasteiger partial charge in [0, 0.05) is 198 Å². The van der Waals surface area contributed by atoms with Crippen LogP contribution in [0, 0.1) is 82.0 Å². The highest BCUT2D eigenvalue weighted by Gasteiger charge is 2.59. The second kappa shape index (κ2) is 61.4. The summed E-state index contributed by atoms with van der Waals surface area (Å²) in [7, 11) is 8.85. The molecule has 4 aliphatic heterocycles. The van der Waals surface area contributed by atoms with Crippen LogP contribution in [-0.2, 0) is 46.1 Å². The molecule has 7 aliphatic carbocycles. The number of amides is 9. The minimum atomic E-state index is -1.51. The van der Waals surface area contributed by atoms with Crippen molar-refractivity contribution >= 4 is 64.8 Å². The lowest BCUT2D eigenvalue weighted by Crippen LogP contribution is -2.58. The monoisotopic (exact) mass is 2170 g/mol. The zero-order valence-corrected chi connectivity index (χ0v) is 92.6. The molecule has 0 aromatic heterocycles. The summed E-state index contributed by atoms with van der Waals surface area (Å²) in [5.41, 5.74) is 9.30. The van der Waals surface area contributed by atoms with Crippen LogP contribution in [0.15, 0.2) is 84.9 Å². The Hall–Kier alpha value is -6.60. The fourth-order valence-electron chi connectivity index (χ4n) is 27.3. The number of rotatable bonds is 48. The third kappa shape index (κ3) is 34.5. The van der Waals surface area contributed by atoms with Crippen molar-refractivity contribution in [3.8, 4) is 0 Å². The largest absolute Gasteiger partial charge is 0.391 e. The Labute approximate surface area is 904 Å². The van der Waals surface area contributed by atoms with Gasteiger partial charge in [-0.3, -0.25) is 4.79 Å². The molecule has 7 saturated carbocycles. The smallest absolute Gasteiger partial charge is 0.317 e. The summed E-state index contributed by atoms with van der Waals surface area (Å²) in [6.45, 7) is 12.2. The molecule has 11 aliphatic rings. The van der Waals surface area contributed by atoms with Crippen LogP contribution in [0.1, 0.15) is 287 Å². The van der Waals surface area contributed by atoms with Crippen LogP contribution in [0.4, 0.5) is 45.5 Å². The predicted octanol–water partition coefficient (Wildman–Crippen LogP) is 19.7. The first-order valence-corrected chi connectivity index (χ1v) is 57.7. The molecule has 0 spiro atoms. The zero-order chi connectivity index (χ0) is 108. The number of aliphatic hydroxyl groups is 4. The number of methoxy groups -OCH3 is 3. The molecular weight excluding hydrogens is 1990 g/mol. The molecule has 15 rings (SSSR count). The van der Waals surface area contributed by atoms with Gasteiger partial charge in [0.05, 0.1) is 44.5 Å². The normalized spacial score (nSPS) is 26.4. The summed E-state index contributed by atoms with van der Waals surface area (Å²) < 4.78 is 106. The minimum Gasteiger partial charge on any atom is -0.391 e. The SMILES string of the molecule is CCOCCCC[C@@](NC(C)=O)(c1cccc(F)c1)[C@@H]1CCCN(C(=O)N[C@H](CNC)CC2CCCCC2)C1.CNC[C@H](CC12CC3CC(CC1C3)C2)NC(=O)N1CCC[C@@H]([C@@](O)(CCCCOC)c2cccc(Cl)c2)C1.COCCCC[C@@](O)(c1cccc(Cl)c1F)[C@@H]1CCCN(C(=O)N[C@H](CN)CC2C[C@@H](F)[C@@H](F)C2)C1.COCCCC[C@@](O)(c1cccc(Cl)c1F)[C@@H]1CCCN(C(=O)N[C@H](CN)[C@@H](O)C2CCC(F)CC2)C1. The molecule has 26 nitrogen and oxygen atoms in total. The Morgan fingerprint density at radius 2 is 0.933 bits per heavy atom. The number of urea groups is 4. The number of likely N-dealkylation sites (tertiary alicyclic amines) is 4. The van der Waals surface area contributed by atoms with Crippen molar-refractivity contribution in [3.63, 3.8) is 0 Å². The maximum absolute atomic E-state index is 15.1. The summed E-state index contributed by atoms with van der Waals surface area (Å²) in [5.74, 6) is 0.468. The number of nitrogens with two attached hydrogens (primary N) is 2. The number of carbonyl (C=O) groups excluding carboxylic acids is 5.